The van der Waals surface area contributed by atoms with Gasteiger partial charge in [-0.05, 0) is 13.0 Å². The van der Waals surface area contributed by atoms with Gasteiger partial charge in [0.25, 0.3) is 0 Å². The number of nitrogens with zero attached hydrogens (tertiary/aromatic N) is 2. The molecule has 3 nitrogen and oxygen atoms in total. The molecule has 1 aromatic heterocycles. The second kappa shape index (κ2) is 8.34. The van der Waals surface area contributed by atoms with Crippen LogP contribution in [0.4, 0.5) is 0 Å². The lowest BCUT2D eigenvalue weighted by Gasteiger charge is -2.06. The fraction of sp³-hybridized carbons (Fsp3) is 0.769. The third kappa shape index (κ3) is 4.79. The molecular formula is C13H25N3. The summed E-state index contributed by atoms with van der Waals surface area (Å²) in [5, 5.41) is 0. The Morgan fingerprint density at radius 3 is 2.69 bits per heavy atom. The molecule has 0 amide bonds. The van der Waals surface area contributed by atoms with E-state index < -0.39 is 0 Å². The van der Waals surface area contributed by atoms with E-state index in [0.29, 0.717) is 6.54 Å². The third-order valence-electron chi connectivity index (χ3n) is 2.95. The number of imidazole rings is 1. The summed E-state index contributed by atoms with van der Waals surface area (Å²) in [4.78, 5) is 4.18. The fourth-order valence-corrected chi connectivity index (χ4v) is 1.97. The van der Waals surface area contributed by atoms with Crippen molar-refractivity contribution >= 4 is 0 Å². The number of aryl methyl sites for hydroxylation is 1. The molecule has 2 N–H and O–H groups in total. The summed E-state index contributed by atoms with van der Waals surface area (Å²) in [6.45, 7) is 4.06. The molecule has 92 valence electrons. The quantitative estimate of drug-likeness (QED) is 0.654. The lowest BCUT2D eigenvalue weighted by Crippen LogP contribution is -2.08. The number of nitrogens with two attached hydrogens (primary N) is 1. The zero-order chi connectivity index (χ0) is 11.6. The molecule has 1 heterocycles. The Labute approximate surface area is 99.1 Å². The van der Waals surface area contributed by atoms with Crippen molar-refractivity contribution in [1.82, 2.24) is 9.55 Å². The molecule has 0 aliphatic carbocycles. The SMILES string of the molecule is CCCCCCCCn1cncc1CCN. The maximum absolute atomic E-state index is 5.56. The first kappa shape index (κ1) is 13.2. The van der Waals surface area contributed by atoms with E-state index in [1.54, 1.807) is 0 Å². The van der Waals surface area contributed by atoms with Crippen LogP contribution in [0.3, 0.4) is 0 Å². The maximum atomic E-state index is 5.56. The van der Waals surface area contributed by atoms with Gasteiger partial charge in [-0.2, -0.15) is 0 Å². The lowest BCUT2D eigenvalue weighted by molar-refractivity contribution is 0.548. The van der Waals surface area contributed by atoms with Crippen molar-refractivity contribution in [1.29, 1.82) is 0 Å². The van der Waals surface area contributed by atoms with Gasteiger partial charge in [0.15, 0.2) is 0 Å². The van der Waals surface area contributed by atoms with Gasteiger partial charge >= 0.3 is 0 Å². The molecule has 0 saturated carbocycles. The Bertz CT molecular complexity index is 268. The first-order valence-electron chi connectivity index (χ1n) is 6.57. The molecule has 16 heavy (non-hydrogen) atoms. The van der Waals surface area contributed by atoms with Crippen molar-refractivity contribution in [3.63, 3.8) is 0 Å². The van der Waals surface area contributed by atoms with Crippen molar-refractivity contribution in [2.45, 2.75) is 58.4 Å². The molecule has 0 fully saturated rings. The molecule has 0 aromatic carbocycles. The van der Waals surface area contributed by atoms with Gasteiger partial charge in [0.1, 0.15) is 0 Å². The highest BCUT2D eigenvalue weighted by molar-refractivity contribution is 4.98. The van der Waals surface area contributed by atoms with Crippen LogP contribution in [0.1, 0.15) is 51.1 Å². The monoisotopic (exact) mass is 223 g/mol. The number of hydrogen-bond acceptors (Lipinski definition) is 2. The third-order valence-corrected chi connectivity index (χ3v) is 2.95. The Balaban J connectivity index is 2.13. The summed E-state index contributed by atoms with van der Waals surface area (Å²) in [6.07, 6.45) is 12.9. The van der Waals surface area contributed by atoms with Crippen molar-refractivity contribution in [2.24, 2.45) is 5.73 Å². The minimum atomic E-state index is 0.711. The van der Waals surface area contributed by atoms with Crippen LogP contribution in [0.15, 0.2) is 12.5 Å². The van der Waals surface area contributed by atoms with Crippen molar-refractivity contribution in [2.75, 3.05) is 6.54 Å². The van der Waals surface area contributed by atoms with Crippen LogP contribution in [0.2, 0.25) is 0 Å². The predicted octanol–water partition coefficient (Wildman–Crippen LogP) is 2.74. The van der Waals surface area contributed by atoms with Gasteiger partial charge in [-0.25, -0.2) is 4.98 Å². The van der Waals surface area contributed by atoms with E-state index in [-0.39, 0.29) is 0 Å². The van der Waals surface area contributed by atoms with Crippen LogP contribution < -0.4 is 5.73 Å². The average molecular weight is 223 g/mol. The molecule has 0 saturated heterocycles. The second-order valence-electron chi connectivity index (χ2n) is 4.38. The van der Waals surface area contributed by atoms with Gasteiger partial charge in [0.2, 0.25) is 0 Å². The van der Waals surface area contributed by atoms with Gasteiger partial charge in [-0.1, -0.05) is 39.0 Å². The number of unbranched alkanes of at least 4 members (excludes halogenated alkanes) is 5. The molecule has 0 spiro atoms. The summed E-state index contributed by atoms with van der Waals surface area (Å²) < 4.78 is 2.24. The Morgan fingerprint density at radius 2 is 1.94 bits per heavy atom. The average Bonchev–Trinajstić information content (AvgIpc) is 2.72. The topological polar surface area (TPSA) is 43.8 Å². The lowest BCUT2D eigenvalue weighted by atomic mass is 10.1. The zero-order valence-corrected chi connectivity index (χ0v) is 10.5. The van der Waals surface area contributed by atoms with Crippen LogP contribution in [0.5, 0.6) is 0 Å². The standard InChI is InChI=1S/C13H25N3/c1-2-3-4-5-6-7-10-16-12-15-11-13(16)8-9-14/h11-12H,2-10,14H2,1H3. The second-order valence-corrected chi connectivity index (χ2v) is 4.38. The van der Waals surface area contributed by atoms with Crippen LogP contribution in [-0.4, -0.2) is 16.1 Å². The minimum absolute atomic E-state index is 0.711. The van der Waals surface area contributed by atoms with E-state index in [1.165, 1.54) is 44.2 Å². The highest BCUT2D eigenvalue weighted by Crippen LogP contribution is 2.08. The molecule has 1 rings (SSSR count). The van der Waals surface area contributed by atoms with E-state index >= 15 is 0 Å². The molecule has 0 aliphatic heterocycles. The predicted molar refractivity (Wildman–Crippen MR) is 68.4 cm³/mol. The highest BCUT2D eigenvalue weighted by Gasteiger charge is 2.00. The Kier molecular flexibility index (Phi) is 6.90. The summed E-state index contributed by atoms with van der Waals surface area (Å²) >= 11 is 0. The zero-order valence-electron chi connectivity index (χ0n) is 10.5. The molecule has 0 radical (unpaired) electrons. The Morgan fingerprint density at radius 1 is 1.19 bits per heavy atom. The summed E-state index contributed by atoms with van der Waals surface area (Å²) in [5.41, 5.74) is 6.83. The molecule has 0 aliphatic rings. The van der Waals surface area contributed by atoms with E-state index in [9.17, 15) is 0 Å². The van der Waals surface area contributed by atoms with Crippen LogP contribution in [0.25, 0.3) is 0 Å². The van der Waals surface area contributed by atoms with E-state index in [4.69, 9.17) is 5.73 Å². The minimum Gasteiger partial charge on any atom is -0.335 e. The van der Waals surface area contributed by atoms with Gasteiger partial charge in [-0.3, -0.25) is 0 Å². The van der Waals surface area contributed by atoms with Crippen LogP contribution >= 0.6 is 0 Å². The van der Waals surface area contributed by atoms with Crippen LogP contribution in [-0.2, 0) is 13.0 Å². The van der Waals surface area contributed by atoms with E-state index in [0.717, 1.165) is 13.0 Å². The highest BCUT2D eigenvalue weighted by atomic mass is 15.0. The fourth-order valence-electron chi connectivity index (χ4n) is 1.97. The summed E-state index contributed by atoms with van der Waals surface area (Å²) in [5.74, 6) is 0. The largest absolute Gasteiger partial charge is 0.335 e. The normalized spacial score (nSPS) is 10.9. The first-order chi connectivity index (χ1) is 7.88. The summed E-state index contributed by atoms with van der Waals surface area (Å²) in [7, 11) is 0. The molecule has 1 aromatic rings. The molecule has 0 atom stereocenters. The van der Waals surface area contributed by atoms with Crippen molar-refractivity contribution < 1.29 is 0 Å². The van der Waals surface area contributed by atoms with E-state index in [1.807, 2.05) is 12.5 Å². The molecular weight excluding hydrogens is 198 g/mol. The smallest absolute Gasteiger partial charge is 0.0948 e. The van der Waals surface area contributed by atoms with Crippen LogP contribution in [0, 0.1) is 0 Å². The van der Waals surface area contributed by atoms with Crippen molar-refractivity contribution in [3.05, 3.63) is 18.2 Å². The van der Waals surface area contributed by atoms with Gasteiger partial charge < -0.3 is 10.3 Å². The number of rotatable bonds is 9. The molecule has 0 bridgehead atoms. The van der Waals surface area contributed by atoms with Gasteiger partial charge in [0.05, 0.1) is 6.33 Å². The summed E-state index contributed by atoms with van der Waals surface area (Å²) in [6, 6.07) is 0. The Hall–Kier alpha value is -0.830. The molecule has 3 heteroatoms. The molecule has 0 unspecified atom stereocenters. The maximum Gasteiger partial charge on any atom is 0.0948 e. The number of aromatic nitrogens is 2. The number of hydrogen-bond donors (Lipinski definition) is 1. The van der Waals surface area contributed by atoms with Gasteiger partial charge in [-0.15, -0.1) is 0 Å². The van der Waals surface area contributed by atoms with Crippen molar-refractivity contribution in [3.8, 4) is 0 Å². The first-order valence-corrected chi connectivity index (χ1v) is 6.57. The van der Waals surface area contributed by atoms with Gasteiger partial charge in [0, 0.05) is 24.9 Å². The van der Waals surface area contributed by atoms with E-state index in [2.05, 4.69) is 16.5 Å².